The Morgan fingerprint density at radius 2 is 0.812 bits per heavy atom. The van der Waals surface area contributed by atoms with Crippen molar-refractivity contribution in [3.8, 4) is 0 Å². The van der Waals surface area contributed by atoms with Gasteiger partial charge < -0.3 is 29.9 Å². The Bertz CT molecular complexity index is 4430. The zero-order valence-corrected chi connectivity index (χ0v) is 57.9. The van der Waals surface area contributed by atoms with Gasteiger partial charge in [0.1, 0.15) is 52.7 Å². The van der Waals surface area contributed by atoms with Gasteiger partial charge in [-0.3, -0.25) is 15.2 Å². The monoisotopic (exact) mass is 1290 g/mol. The number of hydrogen-bond acceptors (Lipinski definition) is 14. The lowest BCUT2D eigenvalue weighted by molar-refractivity contribution is 0.817. The first-order chi connectivity index (χ1) is 46.3. The lowest BCUT2D eigenvalue weighted by Crippen LogP contribution is -1.93. The van der Waals surface area contributed by atoms with Gasteiger partial charge in [0, 0.05) is 136 Å². The van der Waals surface area contributed by atoms with Gasteiger partial charge in [0.05, 0.1) is 11.1 Å². The first-order valence-electron chi connectivity index (χ1n) is 32.8. The third-order valence-corrected chi connectivity index (χ3v) is 16.0. The lowest BCUT2D eigenvalue weighted by atomic mass is 10.0. The van der Waals surface area contributed by atoms with Gasteiger partial charge in [-0.2, -0.15) is 10.2 Å². The lowest BCUT2D eigenvalue weighted by Gasteiger charge is -2.05. The Morgan fingerprint density at radius 3 is 1.48 bits per heavy atom. The fourth-order valence-electron chi connectivity index (χ4n) is 10.8. The van der Waals surface area contributed by atoms with E-state index in [4.69, 9.17) is 0 Å². The van der Waals surface area contributed by atoms with E-state index in [1.54, 1.807) is 37.4 Å². The topological polar surface area (TPSA) is 307 Å². The SMILES string of the molecule is CC(C)c1[nH]nc2ncccc12.CC(C)c1[nH]nc2ncncc12.CC(C)c1c[nH]c2ncccc12.CC(C)c1c[nH]c2nccnc12.CC(C)c1c[nH]c2ncncc12.CC(C)c1ccnc2[nH]ccc12.CC(C)c1cnc2[nH]ccc2c1.CC(C)c1ncnc2[nH]ccc12. The molecule has 16 aromatic heterocycles. The standard InChI is InChI=1S/3C10H12N2.4C9H11N3.C8H10N4/c1-7(2)8-3-5-11-10-9(8)4-6-12-10;1-7(2)9-5-8-3-4-11-10(8)12-6-9;1-7(2)9-6-12-10-8(9)4-3-5-11-10;1-6(2)7-4-11-9-8(7)3-10-5-12-9;1-6(2)7-5-12-9-8(7)10-3-4-11-9;1-6(2)8-7-3-4-10-9(7)12-5-11-8;1-6(2)8-7-4-3-5-10-9(7)12-11-8;1-5(2)7-6-3-9-4-10-8(6)12-11-7/h3*3-7H,1-2H3,(H,11,12);3-6H,1-2H3,(H,10,11,12);3-6H,1-2H3,(H,11,12);2*3-6H,1-2H3,(H,10,11,12);3-5H,1-2H3,(H,9,10,11,12). The quantitative estimate of drug-likeness (QED) is 0.0702. The van der Waals surface area contributed by atoms with Crippen LogP contribution in [0.4, 0.5) is 0 Å². The summed E-state index contributed by atoms with van der Waals surface area (Å²) >= 11 is 0. The van der Waals surface area contributed by atoms with Crippen LogP contribution in [0.15, 0.2) is 160 Å². The summed E-state index contributed by atoms with van der Waals surface area (Å²) in [4.78, 5) is 68.4. The molecule has 0 radical (unpaired) electrons. The van der Waals surface area contributed by atoms with Crippen LogP contribution < -0.4 is 0 Å². The molecule has 16 aromatic rings. The van der Waals surface area contributed by atoms with Crippen LogP contribution in [0.5, 0.6) is 0 Å². The molecule has 496 valence electrons. The van der Waals surface area contributed by atoms with Gasteiger partial charge >= 0.3 is 0 Å². The molecular weight excluding hydrogens is 1200 g/mol. The molecule has 22 heteroatoms. The fourth-order valence-corrected chi connectivity index (χ4v) is 10.8. The number of hydrogen-bond donors (Lipinski definition) is 8. The first kappa shape index (κ1) is 69.4. The van der Waals surface area contributed by atoms with E-state index in [0.717, 1.165) is 89.3 Å². The predicted molar refractivity (Wildman–Crippen MR) is 388 cm³/mol. The number of aromatic amines is 8. The number of nitrogens with zero attached hydrogens (tertiary/aromatic N) is 14. The van der Waals surface area contributed by atoms with Crippen LogP contribution in [-0.2, 0) is 0 Å². The van der Waals surface area contributed by atoms with Crippen molar-refractivity contribution in [3.05, 3.63) is 205 Å². The van der Waals surface area contributed by atoms with Crippen LogP contribution in [0, 0.1) is 0 Å². The maximum atomic E-state index is 4.31. The van der Waals surface area contributed by atoms with E-state index in [1.165, 1.54) is 50.3 Å². The van der Waals surface area contributed by atoms with Crippen molar-refractivity contribution >= 4 is 88.4 Å². The fraction of sp³-hybridized carbons (Fsp3) is 0.324. The van der Waals surface area contributed by atoms with E-state index in [9.17, 15) is 0 Å². The molecule has 0 bridgehead atoms. The molecule has 0 saturated carbocycles. The Labute approximate surface area is 559 Å². The minimum atomic E-state index is 0.431. The highest BCUT2D eigenvalue weighted by molar-refractivity contribution is 5.83. The summed E-state index contributed by atoms with van der Waals surface area (Å²) in [5.74, 6) is 4.04. The smallest absolute Gasteiger partial charge is 0.184 e. The second kappa shape index (κ2) is 32.8. The molecule has 0 amide bonds. The van der Waals surface area contributed by atoms with Crippen molar-refractivity contribution in [2.75, 3.05) is 0 Å². The third kappa shape index (κ3) is 17.3. The Kier molecular flexibility index (Phi) is 23.7. The molecule has 0 saturated heterocycles. The Morgan fingerprint density at radius 1 is 0.312 bits per heavy atom. The van der Waals surface area contributed by atoms with Gasteiger partial charge in [0.25, 0.3) is 0 Å². The molecule has 16 rings (SSSR count). The molecular formula is C74H90N22. The van der Waals surface area contributed by atoms with E-state index in [0.29, 0.717) is 47.3 Å². The molecule has 0 aliphatic rings. The number of H-pyrrole nitrogens is 8. The minimum Gasteiger partial charge on any atom is -0.346 e. The summed E-state index contributed by atoms with van der Waals surface area (Å²) in [5.41, 5.74) is 18.1. The van der Waals surface area contributed by atoms with Gasteiger partial charge in [-0.1, -0.05) is 111 Å². The summed E-state index contributed by atoms with van der Waals surface area (Å²) in [6.07, 6.45) is 30.9. The summed E-state index contributed by atoms with van der Waals surface area (Å²) in [6, 6.07) is 18.5. The number of rotatable bonds is 8. The van der Waals surface area contributed by atoms with E-state index in [2.05, 4.69) is 245 Å². The summed E-state index contributed by atoms with van der Waals surface area (Å²) in [5, 5.41) is 22.2. The zero-order chi connectivity index (χ0) is 68.4. The van der Waals surface area contributed by atoms with E-state index in [-0.39, 0.29) is 0 Å². The van der Waals surface area contributed by atoms with Gasteiger partial charge in [0.2, 0.25) is 0 Å². The van der Waals surface area contributed by atoms with Crippen LogP contribution in [0.2, 0.25) is 0 Å². The number of fused-ring (bicyclic) bond motifs is 8. The predicted octanol–water partition coefficient (Wildman–Crippen LogP) is 17.9. The van der Waals surface area contributed by atoms with Crippen LogP contribution in [0.1, 0.15) is 203 Å². The van der Waals surface area contributed by atoms with Gasteiger partial charge in [-0.25, -0.2) is 54.8 Å². The van der Waals surface area contributed by atoms with E-state index < -0.39 is 0 Å². The molecule has 96 heavy (non-hydrogen) atoms. The molecule has 8 N–H and O–H groups in total. The summed E-state index contributed by atoms with van der Waals surface area (Å²) < 4.78 is 0. The largest absolute Gasteiger partial charge is 0.346 e. The second-order valence-electron chi connectivity index (χ2n) is 25.6. The van der Waals surface area contributed by atoms with Crippen molar-refractivity contribution in [1.82, 2.24) is 110 Å². The van der Waals surface area contributed by atoms with Crippen molar-refractivity contribution < 1.29 is 0 Å². The van der Waals surface area contributed by atoms with Crippen molar-refractivity contribution in [3.63, 3.8) is 0 Å². The highest BCUT2D eigenvalue weighted by Gasteiger charge is 2.13. The van der Waals surface area contributed by atoms with E-state index >= 15 is 0 Å². The molecule has 0 atom stereocenters. The molecule has 0 unspecified atom stereocenters. The van der Waals surface area contributed by atoms with Gasteiger partial charge in [-0.15, -0.1) is 0 Å². The van der Waals surface area contributed by atoms with Crippen molar-refractivity contribution in [1.29, 1.82) is 0 Å². The Balaban J connectivity index is 0.000000129. The molecule has 0 fully saturated rings. The maximum Gasteiger partial charge on any atom is 0.184 e. The van der Waals surface area contributed by atoms with Crippen LogP contribution in [0.25, 0.3) is 88.4 Å². The van der Waals surface area contributed by atoms with Crippen LogP contribution in [0.3, 0.4) is 0 Å². The molecule has 0 aliphatic heterocycles. The number of pyridine rings is 4. The van der Waals surface area contributed by atoms with Crippen LogP contribution in [-0.4, -0.2) is 110 Å². The van der Waals surface area contributed by atoms with Crippen molar-refractivity contribution in [2.45, 2.75) is 158 Å². The average Bonchev–Trinajstić information content (AvgIpc) is 1.78. The number of aromatic nitrogens is 22. The first-order valence-corrected chi connectivity index (χ1v) is 32.8. The molecule has 16 heterocycles. The number of nitrogens with one attached hydrogen (secondary N) is 8. The van der Waals surface area contributed by atoms with Gasteiger partial charge in [-0.05, 0) is 124 Å². The van der Waals surface area contributed by atoms with Crippen molar-refractivity contribution in [2.24, 2.45) is 0 Å². The Hall–Kier alpha value is -10.9. The second-order valence-corrected chi connectivity index (χ2v) is 25.6. The maximum absolute atomic E-state index is 4.31. The summed E-state index contributed by atoms with van der Waals surface area (Å²) in [6.45, 7) is 34.5. The highest BCUT2D eigenvalue weighted by atomic mass is 15.2. The minimum absolute atomic E-state index is 0.431. The molecule has 0 aromatic carbocycles. The molecule has 0 aliphatic carbocycles. The van der Waals surface area contributed by atoms with Crippen LogP contribution >= 0.6 is 0 Å². The summed E-state index contributed by atoms with van der Waals surface area (Å²) in [7, 11) is 0. The normalized spacial score (nSPS) is 11.2. The molecule has 22 nitrogen and oxygen atoms in total. The highest BCUT2D eigenvalue weighted by Crippen LogP contribution is 2.28. The zero-order valence-electron chi connectivity index (χ0n) is 57.9. The molecule has 0 spiro atoms. The average molecular weight is 1290 g/mol. The van der Waals surface area contributed by atoms with Gasteiger partial charge in [0.15, 0.2) is 16.9 Å². The van der Waals surface area contributed by atoms with E-state index in [1.807, 2.05) is 92.3 Å². The third-order valence-electron chi connectivity index (χ3n) is 16.0.